The van der Waals surface area contributed by atoms with E-state index in [9.17, 15) is 4.79 Å². The van der Waals surface area contributed by atoms with E-state index < -0.39 is 5.97 Å². The topological polar surface area (TPSA) is 57.7 Å². The molecule has 1 saturated heterocycles. The van der Waals surface area contributed by atoms with E-state index in [1.807, 2.05) is 24.3 Å². The molecule has 1 aliphatic rings. The van der Waals surface area contributed by atoms with Gasteiger partial charge in [-0.1, -0.05) is 18.2 Å². The Kier molecular flexibility index (Phi) is 4.31. The molecule has 1 fully saturated rings. The van der Waals surface area contributed by atoms with Crippen LogP contribution in [-0.2, 0) is 14.3 Å². The van der Waals surface area contributed by atoms with Crippen LogP contribution in [0.4, 0.5) is 0 Å². The Morgan fingerprint density at radius 1 is 1.33 bits per heavy atom. The van der Waals surface area contributed by atoms with Crippen molar-refractivity contribution in [2.45, 2.75) is 18.9 Å². The van der Waals surface area contributed by atoms with Crippen LogP contribution in [-0.4, -0.2) is 36.9 Å². The number of pyridine rings is 1. The average Bonchev–Trinajstić information content (AvgIpc) is 3.04. The summed E-state index contributed by atoms with van der Waals surface area (Å²) in [6.07, 6.45) is 3.71. The van der Waals surface area contributed by atoms with E-state index in [1.54, 1.807) is 12.3 Å². The van der Waals surface area contributed by atoms with Gasteiger partial charge in [-0.05, 0) is 25.0 Å². The summed E-state index contributed by atoms with van der Waals surface area (Å²) in [6, 6.07) is 9.43. The number of carbonyl (C=O) groups is 1. The van der Waals surface area contributed by atoms with Crippen molar-refractivity contribution in [3.8, 4) is 5.75 Å². The molecule has 1 atom stereocenters. The fraction of sp³-hybridized carbons (Fsp3) is 0.375. The standard InChI is InChI=1S/C16H17NO4/c18-15(21-10-13-6-3-9-19-13)11-20-14-7-1-4-12-5-2-8-17-16(12)14/h1-2,4-5,7-8,13H,3,6,9-11H2. The molecule has 0 saturated carbocycles. The molecule has 2 heterocycles. The zero-order chi connectivity index (χ0) is 14.5. The Bertz CT molecular complexity index is 617. The second kappa shape index (κ2) is 6.54. The van der Waals surface area contributed by atoms with E-state index in [0.717, 1.165) is 30.4 Å². The third-order valence-electron chi connectivity index (χ3n) is 3.40. The Hall–Kier alpha value is -2.14. The lowest BCUT2D eigenvalue weighted by Gasteiger charge is -2.11. The first-order chi connectivity index (χ1) is 10.3. The number of aromatic nitrogens is 1. The van der Waals surface area contributed by atoms with Crippen LogP contribution in [0.3, 0.4) is 0 Å². The van der Waals surface area contributed by atoms with Crippen molar-refractivity contribution in [3.63, 3.8) is 0 Å². The van der Waals surface area contributed by atoms with Gasteiger partial charge in [0.25, 0.3) is 0 Å². The number of hydrogen-bond acceptors (Lipinski definition) is 5. The highest BCUT2D eigenvalue weighted by Crippen LogP contribution is 2.22. The summed E-state index contributed by atoms with van der Waals surface area (Å²) < 4.78 is 16.1. The van der Waals surface area contributed by atoms with E-state index in [-0.39, 0.29) is 12.7 Å². The van der Waals surface area contributed by atoms with Crippen molar-refractivity contribution >= 4 is 16.9 Å². The molecule has 2 aromatic rings. The largest absolute Gasteiger partial charge is 0.480 e. The Morgan fingerprint density at radius 3 is 3.10 bits per heavy atom. The summed E-state index contributed by atoms with van der Waals surface area (Å²) in [4.78, 5) is 16.0. The average molecular weight is 287 g/mol. The van der Waals surface area contributed by atoms with Gasteiger partial charge in [0.05, 0.1) is 6.10 Å². The van der Waals surface area contributed by atoms with Gasteiger partial charge in [-0.25, -0.2) is 4.79 Å². The Labute approximate surface area is 122 Å². The van der Waals surface area contributed by atoms with Crippen molar-refractivity contribution in [3.05, 3.63) is 36.5 Å². The molecular formula is C16H17NO4. The van der Waals surface area contributed by atoms with Crippen LogP contribution in [0, 0.1) is 0 Å². The van der Waals surface area contributed by atoms with Gasteiger partial charge in [-0.2, -0.15) is 0 Å². The minimum absolute atomic E-state index is 0.0353. The predicted molar refractivity (Wildman–Crippen MR) is 77.2 cm³/mol. The molecule has 1 aliphatic heterocycles. The Morgan fingerprint density at radius 2 is 2.24 bits per heavy atom. The van der Waals surface area contributed by atoms with Crippen LogP contribution >= 0.6 is 0 Å². The highest BCUT2D eigenvalue weighted by atomic mass is 16.6. The zero-order valence-electron chi connectivity index (χ0n) is 11.7. The van der Waals surface area contributed by atoms with Gasteiger partial charge in [0.2, 0.25) is 0 Å². The highest BCUT2D eigenvalue weighted by Gasteiger charge is 2.17. The number of hydrogen-bond donors (Lipinski definition) is 0. The summed E-state index contributed by atoms with van der Waals surface area (Å²) in [5.74, 6) is 0.195. The third-order valence-corrected chi connectivity index (χ3v) is 3.40. The van der Waals surface area contributed by atoms with Gasteiger partial charge in [-0.3, -0.25) is 4.98 Å². The number of para-hydroxylation sites is 1. The van der Waals surface area contributed by atoms with Gasteiger partial charge in [0.1, 0.15) is 17.9 Å². The molecule has 5 nitrogen and oxygen atoms in total. The number of carbonyl (C=O) groups excluding carboxylic acids is 1. The van der Waals surface area contributed by atoms with Gasteiger partial charge in [0.15, 0.2) is 6.61 Å². The summed E-state index contributed by atoms with van der Waals surface area (Å²) >= 11 is 0. The molecule has 5 heteroatoms. The minimum atomic E-state index is -0.390. The summed E-state index contributed by atoms with van der Waals surface area (Å²) in [5.41, 5.74) is 0.743. The SMILES string of the molecule is O=C(COc1cccc2cccnc12)OCC1CCCO1. The fourth-order valence-corrected chi connectivity index (χ4v) is 2.33. The van der Waals surface area contributed by atoms with E-state index in [2.05, 4.69) is 4.98 Å². The maximum Gasteiger partial charge on any atom is 0.344 e. The van der Waals surface area contributed by atoms with Crippen molar-refractivity contribution < 1.29 is 19.0 Å². The van der Waals surface area contributed by atoms with Crippen molar-refractivity contribution in [2.24, 2.45) is 0 Å². The monoisotopic (exact) mass is 287 g/mol. The molecule has 110 valence electrons. The van der Waals surface area contributed by atoms with Gasteiger partial charge >= 0.3 is 5.97 Å². The molecular weight excluding hydrogens is 270 g/mol. The number of esters is 1. The maximum atomic E-state index is 11.7. The maximum absolute atomic E-state index is 11.7. The van der Waals surface area contributed by atoms with Crippen LogP contribution < -0.4 is 4.74 Å². The first-order valence-corrected chi connectivity index (χ1v) is 7.07. The quantitative estimate of drug-likeness (QED) is 0.790. The number of nitrogens with zero attached hydrogens (tertiary/aromatic N) is 1. The predicted octanol–water partition coefficient (Wildman–Crippen LogP) is 2.34. The highest BCUT2D eigenvalue weighted by molar-refractivity contribution is 5.84. The first kappa shape index (κ1) is 13.8. The van der Waals surface area contributed by atoms with Gasteiger partial charge < -0.3 is 14.2 Å². The molecule has 0 amide bonds. The van der Waals surface area contributed by atoms with E-state index in [0.29, 0.717) is 12.4 Å². The number of rotatable bonds is 5. The van der Waals surface area contributed by atoms with Crippen molar-refractivity contribution in [2.75, 3.05) is 19.8 Å². The third kappa shape index (κ3) is 3.49. The van der Waals surface area contributed by atoms with Crippen molar-refractivity contribution in [1.29, 1.82) is 0 Å². The van der Waals surface area contributed by atoms with Crippen LogP contribution in [0.5, 0.6) is 5.75 Å². The molecule has 0 spiro atoms. The number of benzene rings is 1. The van der Waals surface area contributed by atoms with E-state index in [1.165, 1.54) is 0 Å². The van der Waals surface area contributed by atoms with Crippen LogP contribution in [0.1, 0.15) is 12.8 Å². The smallest absolute Gasteiger partial charge is 0.344 e. The second-order valence-electron chi connectivity index (χ2n) is 4.94. The molecule has 1 aromatic heterocycles. The van der Waals surface area contributed by atoms with Crippen LogP contribution in [0.15, 0.2) is 36.5 Å². The molecule has 1 aromatic carbocycles. The second-order valence-corrected chi connectivity index (χ2v) is 4.94. The van der Waals surface area contributed by atoms with E-state index >= 15 is 0 Å². The van der Waals surface area contributed by atoms with E-state index in [4.69, 9.17) is 14.2 Å². The lowest BCUT2D eigenvalue weighted by Crippen LogP contribution is -2.21. The number of fused-ring (bicyclic) bond motifs is 1. The lowest BCUT2D eigenvalue weighted by atomic mass is 10.2. The van der Waals surface area contributed by atoms with Crippen LogP contribution in [0.25, 0.3) is 10.9 Å². The summed E-state index contributed by atoms with van der Waals surface area (Å²) in [6.45, 7) is 0.929. The molecule has 0 N–H and O–H groups in total. The Balaban J connectivity index is 1.54. The minimum Gasteiger partial charge on any atom is -0.480 e. The van der Waals surface area contributed by atoms with Crippen molar-refractivity contribution in [1.82, 2.24) is 4.98 Å². The van der Waals surface area contributed by atoms with Gasteiger partial charge in [0, 0.05) is 18.2 Å². The summed E-state index contributed by atoms with van der Waals surface area (Å²) in [7, 11) is 0. The lowest BCUT2D eigenvalue weighted by molar-refractivity contribution is -0.149. The first-order valence-electron chi connectivity index (χ1n) is 7.07. The molecule has 0 aliphatic carbocycles. The molecule has 0 bridgehead atoms. The number of ether oxygens (including phenoxy) is 3. The normalized spacial score (nSPS) is 17.8. The molecule has 3 rings (SSSR count). The van der Waals surface area contributed by atoms with Crippen LogP contribution in [0.2, 0.25) is 0 Å². The van der Waals surface area contributed by atoms with Gasteiger partial charge in [-0.15, -0.1) is 0 Å². The molecule has 21 heavy (non-hydrogen) atoms. The summed E-state index contributed by atoms with van der Waals surface area (Å²) in [5, 5.41) is 0.975. The zero-order valence-corrected chi connectivity index (χ0v) is 11.7. The molecule has 0 radical (unpaired) electrons. The fourth-order valence-electron chi connectivity index (χ4n) is 2.33. The molecule has 1 unspecified atom stereocenters.